The van der Waals surface area contributed by atoms with Gasteiger partial charge in [-0.15, -0.1) is 6.58 Å². The summed E-state index contributed by atoms with van der Waals surface area (Å²) in [5.74, 6) is 0.219. The van der Waals surface area contributed by atoms with Gasteiger partial charge in [-0.3, -0.25) is 4.79 Å². The second kappa shape index (κ2) is 6.63. The van der Waals surface area contributed by atoms with Crippen LogP contribution in [-0.4, -0.2) is 19.1 Å². The zero-order chi connectivity index (χ0) is 11.8. The molecule has 0 amide bonds. The Hall–Kier alpha value is -1.81. The minimum atomic E-state index is -0.311. The predicted octanol–water partition coefficient (Wildman–Crippen LogP) is 1.54. The fourth-order valence-corrected chi connectivity index (χ4v) is 1.13. The molecule has 0 radical (unpaired) electrons. The van der Waals surface area contributed by atoms with E-state index in [2.05, 4.69) is 11.9 Å². The summed E-state index contributed by atoms with van der Waals surface area (Å²) in [5, 5.41) is 3.12. The fraction of sp³-hybridized carbons (Fsp3) is 0.250. The van der Waals surface area contributed by atoms with Crippen LogP contribution in [0.3, 0.4) is 0 Å². The van der Waals surface area contributed by atoms with Gasteiger partial charge in [-0.25, -0.2) is 0 Å². The number of anilines is 1. The van der Waals surface area contributed by atoms with E-state index in [1.807, 2.05) is 12.1 Å². The van der Waals surface area contributed by atoms with Crippen LogP contribution >= 0.6 is 0 Å². The molecule has 0 fully saturated rings. The van der Waals surface area contributed by atoms with Crippen molar-refractivity contribution in [3.05, 3.63) is 36.9 Å². The fourth-order valence-electron chi connectivity index (χ4n) is 1.13. The molecule has 4 heteroatoms. The molecular formula is C12H16N2O2. The Morgan fingerprint density at radius 3 is 2.69 bits per heavy atom. The lowest BCUT2D eigenvalue weighted by Crippen LogP contribution is -2.13. The quantitative estimate of drug-likeness (QED) is 0.433. The maximum atomic E-state index is 11.1. The van der Waals surface area contributed by atoms with Crippen LogP contribution in [0.2, 0.25) is 0 Å². The van der Waals surface area contributed by atoms with Gasteiger partial charge in [-0.2, -0.15) is 0 Å². The Balaban J connectivity index is 2.50. The second-order valence-corrected chi connectivity index (χ2v) is 3.21. The van der Waals surface area contributed by atoms with Crippen molar-refractivity contribution in [1.29, 1.82) is 0 Å². The molecule has 86 valence electrons. The van der Waals surface area contributed by atoms with Gasteiger partial charge < -0.3 is 15.8 Å². The highest BCUT2D eigenvalue weighted by molar-refractivity contribution is 5.72. The lowest BCUT2D eigenvalue weighted by atomic mass is 10.3. The van der Waals surface area contributed by atoms with Crippen LogP contribution in [0.25, 0.3) is 0 Å². The first kappa shape index (κ1) is 12.3. The first-order valence-electron chi connectivity index (χ1n) is 5.12. The van der Waals surface area contributed by atoms with Crippen LogP contribution in [0, 0.1) is 0 Å². The highest BCUT2D eigenvalue weighted by atomic mass is 16.5. The normalized spacial score (nSPS) is 9.56. The average Bonchev–Trinajstić information content (AvgIpc) is 2.28. The number of ether oxygens (including phenoxy) is 1. The highest BCUT2D eigenvalue weighted by Gasteiger charge is 2.02. The SMILES string of the molecule is C=CCNc1ccc(OC(=O)CCN)cc1. The van der Waals surface area contributed by atoms with E-state index in [0.29, 0.717) is 18.8 Å². The van der Waals surface area contributed by atoms with Gasteiger partial charge in [-0.05, 0) is 24.3 Å². The number of nitrogens with two attached hydrogens (primary N) is 1. The Morgan fingerprint density at radius 1 is 1.44 bits per heavy atom. The standard InChI is InChI=1S/C12H16N2O2/c1-2-9-14-10-3-5-11(6-4-10)16-12(15)7-8-13/h2-6,14H,1,7-9,13H2. The van der Waals surface area contributed by atoms with Crippen molar-refractivity contribution in [2.75, 3.05) is 18.4 Å². The molecule has 1 aromatic rings. The molecule has 0 spiro atoms. The number of rotatable bonds is 6. The number of carbonyl (C=O) groups is 1. The minimum absolute atomic E-state index is 0.233. The molecule has 0 aliphatic carbocycles. The summed E-state index contributed by atoms with van der Waals surface area (Å²) in [6.45, 7) is 4.61. The van der Waals surface area contributed by atoms with Crippen LogP contribution in [0.5, 0.6) is 5.75 Å². The summed E-state index contributed by atoms with van der Waals surface area (Å²) in [7, 11) is 0. The number of nitrogens with one attached hydrogen (secondary N) is 1. The molecule has 0 bridgehead atoms. The predicted molar refractivity (Wildman–Crippen MR) is 64.4 cm³/mol. The van der Waals surface area contributed by atoms with Gasteiger partial charge in [0.15, 0.2) is 0 Å². The molecule has 4 nitrogen and oxygen atoms in total. The largest absolute Gasteiger partial charge is 0.426 e. The van der Waals surface area contributed by atoms with Crippen LogP contribution < -0.4 is 15.8 Å². The topological polar surface area (TPSA) is 64.3 Å². The molecule has 1 aromatic carbocycles. The number of esters is 1. The summed E-state index contributed by atoms with van der Waals surface area (Å²) in [5.41, 5.74) is 6.20. The van der Waals surface area contributed by atoms with E-state index in [0.717, 1.165) is 5.69 Å². The second-order valence-electron chi connectivity index (χ2n) is 3.21. The molecule has 0 saturated heterocycles. The Bertz CT molecular complexity index is 347. The lowest BCUT2D eigenvalue weighted by Gasteiger charge is -2.06. The third-order valence-corrected chi connectivity index (χ3v) is 1.88. The van der Waals surface area contributed by atoms with E-state index in [-0.39, 0.29) is 12.4 Å². The van der Waals surface area contributed by atoms with E-state index in [9.17, 15) is 4.79 Å². The monoisotopic (exact) mass is 220 g/mol. The third-order valence-electron chi connectivity index (χ3n) is 1.88. The molecule has 0 aliphatic heterocycles. The number of hydrogen-bond donors (Lipinski definition) is 2. The minimum Gasteiger partial charge on any atom is -0.426 e. The van der Waals surface area contributed by atoms with Crippen molar-refractivity contribution < 1.29 is 9.53 Å². The van der Waals surface area contributed by atoms with E-state index < -0.39 is 0 Å². The molecule has 0 unspecified atom stereocenters. The summed E-state index contributed by atoms with van der Waals surface area (Å²) in [6.07, 6.45) is 2.01. The van der Waals surface area contributed by atoms with E-state index in [1.54, 1.807) is 18.2 Å². The molecular weight excluding hydrogens is 204 g/mol. The van der Waals surface area contributed by atoms with Crippen LogP contribution in [0.4, 0.5) is 5.69 Å². The number of carbonyl (C=O) groups excluding carboxylic acids is 1. The summed E-state index contributed by atoms with van der Waals surface area (Å²) < 4.78 is 5.05. The van der Waals surface area contributed by atoms with Crippen molar-refractivity contribution in [3.8, 4) is 5.75 Å². The molecule has 0 heterocycles. The van der Waals surface area contributed by atoms with E-state index in [1.165, 1.54) is 0 Å². The molecule has 0 aromatic heterocycles. The summed E-state index contributed by atoms with van der Waals surface area (Å²) >= 11 is 0. The first-order chi connectivity index (χ1) is 7.76. The molecule has 0 saturated carbocycles. The van der Waals surface area contributed by atoms with Gasteiger partial charge in [-0.1, -0.05) is 6.08 Å². The average molecular weight is 220 g/mol. The van der Waals surface area contributed by atoms with Crippen molar-refractivity contribution in [2.24, 2.45) is 5.73 Å². The van der Waals surface area contributed by atoms with Crippen molar-refractivity contribution in [1.82, 2.24) is 0 Å². The van der Waals surface area contributed by atoms with Crippen LogP contribution in [0.15, 0.2) is 36.9 Å². The van der Waals surface area contributed by atoms with Gasteiger partial charge >= 0.3 is 5.97 Å². The van der Waals surface area contributed by atoms with Crippen molar-refractivity contribution >= 4 is 11.7 Å². The Kier molecular flexibility index (Phi) is 5.08. The number of benzene rings is 1. The van der Waals surface area contributed by atoms with Gasteiger partial charge in [0, 0.05) is 18.8 Å². The third kappa shape index (κ3) is 4.14. The first-order valence-corrected chi connectivity index (χ1v) is 5.12. The smallest absolute Gasteiger partial charge is 0.312 e. The van der Waals surface area contributed by atoms with E-state index in [4.69, 9.17) is 10.5 Å². The Morgan fingerprint density at radius 2 is 2.12 bits per heavy atom. The number of hydrogen-bond acceptors (Lipinski definition) is 4. The maximum absolute atomic E-state index is 11.1. The molecule has 1 rings (SSSR count). The molecule has 3 N–H and O–H groups in total. The van der Waals surface area contributed by atoms with Crippen LogP contribution in [-0.2, 0) is 4.79 Å². The highest BCUT2D eigenvalue weighted by Crippen LogP contribution is 2.15. The van der Waals surface area contributed by atoms with Crippen molar-refractivity contribution in [2.45, 2.75) is 6.42 Å². The Labute approximate surface area is 95.1 Å². The zero-order valence-electron chi connectivity index (χ0n) is 9.11. The van der Waals surface area contributed by atoms with Gasteiger partial charge in [0.25, 0.3) is 0 Å². The van der Waals surface area contributed by atoms with E-state index >= 15 is 0 Å². The van der Waals surface area contributed by atoms with Gasteiger partial charge in [0.05, 0.1) is 6.42 Å². The maximum Gasteiger partial charge on any atom is 0.312 e. The lowest BCUT2D eigenvalue weighted by molar-refractivity contribution is -0.134. The van der Waals surface area contributed by atoms with Gasteiger partial charge in [0.2, 0.25) is 0 Å². The van der Waals surface area contributed by atoms with Crippen molar-refractivity contribution in [3.63, 3.8) is 0 Å². The summed E-state index contributed by atoms with van der Waals surface area (Å²) in [6, 6.07) is 7.16. The van der Waals surface area contributed by atoms with Gasteiger partial charge in [0.1, 0.15) is 5.75 Å². The van der Waals surface area contributed by atoms with Crippen LogP contribution in [0.1, 0.15) is 6.42 Å². The zero-order valence-corrected chi connectivity index (χ0v) is 9.11. The molecule has 16 heavy (non-hydrogen) atoms. The molecule has 0 aliphatic rings. The summed E-state index contributed by atoms with van der Waals surface area (Å²) in [4.78, 5) is 11.1. The molecule has 0 atom stereocenters.